The van der Waals surface area contributed by atoms with Gasteiger partial charge in [-0.3, -0.25) is 9.36 Å². The van der Waals surface area contributed by atoms with Gasteiger partial charge in [0.25, 0.3) is 5.56 Å². The van der Waals surface area contributed by atoms with Gasteiger partial charge in [0.15, 0.2) is 16.3 Å². The molecule has 1 aliphatic heterocycles. The molecule has 3 heterocycles. The Kier molecular flexibility index (Phi) is 8.73. The fourth-order valence-corrected chi connectivity index (χ4v) is 6.94. The van der Waals surface area contributed by atoms with Crippen molar-refractivity contribution in [1.82, 2.24) is 4.57 Å². The highest BCUT2D eigenvalue weighted by Gasteiger charge is 2.35. The van der Waals surface area contributed by atoms with E-state index in [2.05, 4.69) is 6.07 Å². The van der Waals surface area contributed by atoms with Gasteiger partial charge in [-0.1, -0.05) is 72.0 Å². The third kappa shape index (κ3) is 5.96. The van der Waals surface area contributed by atoms with Crippen molar-refractivity contribution in [2.75, 3.05) is 13.7 Å². The molecule has 10 heteroatoms. The smallest absolute Gasteiger partial charge is 0.338 e. The van der Waals surface area contributed by atoms with E-state index in [0.29, 0.717) is 37.7 Å². The Hall–Kier alpha value is -5.24. The van der Waals surface area contributed by atoms with Gasteiger partial charge in [0, 0.05) is 16.0 Å². The fraction of sp³-hybridized carbons (Fsp3) is 0.143. The van der Waals surface area contributed by atoms with Gasteiger partial charge in [-0.25, -0.2) is 9.79 Å². The average molecular weight is 634 g/mol. The Balaban J connectivity index is 1.44. The van der Waals surface area contributed by atoms with Crippen molar-refractivity contribution in [2.24, 2.45) is 4.99 Å². The summed E-state index contributed by atoms with van der Waals surface area (Å²) in [7, 11) is 1.55. The minimum atomic E-state index is -0.695. The monoisotopic (exact) mass is 633 g/mol. The fourth-order valence-electron chi connectivity index (χ4n) is 5.11. The molecule has 3 aromatic carbocycles. The first-order chi connectivity index (χ1) is 22.0. The Morgan fingerprint density at radius 2 is 1.84 bits per heavy atom. The van der Waals surface area contributed by atoms with E-state index in [9.17, 15) is 14.9 Å². The summed E-state index contributed by atoms with van der Waals surface area (Å²) >= 11 is 2.72. The number of benzene rings is 3. The number of methoxy groups -OCH3 is 1. The molecule has 0 N–H and O–H groups in total. The molecule has 0 saturated heterocycles. The van der Waals surface area contributed by atoms with Gasteiger partial charge in [-0.05, 0) is 48.2 Å². The zero-order valence-corrected chi connectivity index (χ0v) is 26.1. The Labute approximate surface area is 267 Å². The van der Waals surface area contributed by atoms with Gasteiger partial charge < -0.3 is 14.2 Å². The largest absolute Gasteiger partial charge is 0.493 e. The topological polar surface area (TPSA) is 103 Å². The number of rotatable bonds is 9. The normalized spacial score (nSPS) is 14.3. The molecule has 0 fully saturated rings. The number of thiophene rings is 1. The summed E-state index contributed by atoms with van der Waals surface area (Å²) < 4.78 is 19.1. The lowest BCUT2D eigenvalue weighted by molar-refractivity contribution is -0.138. The molecule has 0 radical (unpaired) electrons. The van der Waals surface area contributed by atoms with Crippen molar-refractivity contribution in [3.8, 4) is 17.6 Å². The van der Waals surface area contributed by atoms with E-state index in [4.69, 9.17) is 19.2 Å². The van der Waals surface area contributed by atoms with Crippen molar-refractivity contribution in [2.45, 2.75) is 19.6 Å². The molecule has 224 valence electrons. The van der Waals surface area contributed by atoms with Crippen LogP contribution in [0.1, 0.15) is 40.1 Å². The maximum absolute atomic E-state index is 14.1. The number of nitriles is 1. The van der Waals surface area contributed by atoms with Crippen LogP contribution < -0.4 is 24.4 Å². The first-order valence-corrected chi connectivity index (χ1v) is 15.8. The van der Waals surface area contributed by atoms with Crippen LogP contribution in [0.2, 0.25) is 0 Å². The van der Waals surface area contributed by atoms with Crippen LogP contribution in [0.25, 0.3) is 11.8 Å². The Morgan fingerprint density at radius 1 is 1.04 bits per heavy atom. The van der Waals surface area contributed by atoms with Crippen LogP contribution in [-0.2, 0) is 16.1 Å². The molecule has 0 saturated carbocycles. The van der Waals surface area contributed by atoms with E-state index in [1.807, 2.05) is 72.1 Å². The summed E-state index contributed by atoms with van der Waals surface area (Å²) in [6.07, 6.45) is 1.78. The van der Waals surface area contributed by atoms with Gasteiger partial charge >= 0.3 is 5.97 Å². The summed E-state index contributed by atoms with van der Waals surface area (Å²) in [5.41, 5.74) is 3.35. The number of thiazole rings is 1. The van der Waals surface area contributed by atoms with Gasteiger partial charge in [-0.2, -0.15) is 5.26 Å². The second-order valence-corrected chi connectivity index (χ2v) is 11.9. The summed E-state index contributed by atoms with van der Waals surface area (Å²) in [4.78, 5) is 33.7. The molecule has 2 aromatic heterocycles. The predicted octanol–water partition coefficient (Wildman–Crippen LogP) is 5.46. The van der Waals surface area contributed by atoms with E-state index in [1.165, 1.54) is 22.7 Å². The predicted molar refractivity (Wildman–Crippen MR) is 174 cm³/mol. The minimum absolute atomic E-state index is 0.193. The standard InChI is InChI=1S/C35H27N3O5S2/c1-3-42-34(40)30-31(23-10-5-4-6-11-23)37-35-38(32(30)28-14-9-17-44-28)33(39)29(45-35)19-22-15-16-26(27(18-22)41-2)43-21-25-13-8-7-12-24(25)20-36/h4-19,32H,3,21H2,1-2H3/b29-19+/t32-/m1/s1. The van der Waals surface area contributed by atoms with Crippen LogP contribution in [0, 0.1) is 11.3 Å². The van der Waals surface area contributed by atoms with Crippen LogP contribution in [0.3, 0.4) is 0 Å². The number of hydrogen-bond acceptors (Lipinski definition) is 9. The van der Waals surface area contributed by atoms with Crippen molar-refractivity contribution < 1.29 is 19.0 Å². The number of carbonyl (C=O) groups is 1. The number of fused-ring (bicyclic) bond motifs is 1. The van der Waals surface area contributed by atoms with E-state index >= 15 is 0 Å². The van der Waals surface area contributed by atoms with Gasteiger partial charge in [0.2, 0.25) is 0 Å². The number of esters is 1. The number of nitrogens with zero attached hydrogens (tertiary/aromatic N) is 3. The molecular formula is C35H27N3O5S2. The molecule has 5 aromatic rings. The molecule has 45 heavy (non-hydrogen) atoms. The Bertz CT molecular complexity index is 2120. The molecule has 6 rings (SSSR count). The average Bonchev–Trinajstić information content (AvgIpc) is 3.72. The number of aromatic nitrogens is 1. The summed E-state index contributed by atoms with van der Waals surface area (Å²) in [5, 5.41) is 11.3. The minimum Gasteiger partial charge on any atom is -0.493 e. The van der Waals surface area contributed by atoms with Crippen molar-refractivity contribution >= 4 is 40.4 Å². The van der Waals surface area contributed by atoms with Gasteiger partial charge in [-0.15, -0.1) is 11.3 Å². The van der Waals surface area contributed by atoms with Gasteiger partial charge in [0.1, 0.15) is 12.6 Å². The maximum atomic E-state index is 14.1. The third-order valence-electron chi connectivity index (χ3n) is 7.19. The van der Waals surface area contributed by atoms with E-state index in [-0.39, 0.29) is 18.8 Å². The first-order valence-electron chi connectivity index (χ1n) is 14.1. The van der Waals surface area contributed by atoms with Crippen LogP contribution in [-0.4, -0.2) is 24.3 Å². The lowest BCUT2D eigenvalue weighted by atomic mass is 9.97. The zero-order valence-electron chi connectivity index (χ0n) is 24.4. The molecule has 0 bridgehead atoms. The van der Waals surface area contributed by atoms with E-state index in [0.717, 1.165) is 21.6 Å². The molecule has 1 aliphatic rings. The summed E-state index contributed by atoms with van der Waals surface area (Å²) in [5.74, 6) is 0.483. The SMILES string of the molecule is CCOC(=O)C1=C(c2ccccc2)N=c2s/c(=C/c3ccc(OCc4ccccc4C#N)c(OC)c3)c(=O)n2[C@@H]1c1cccs1. The molecule has 0 unspecified atom stereocenters. The summed E-state index contributed by atoms with van der Waals surface area (Å²) in [6, 6.07) is 27.4. The van der Waals surface area contributed by atoms with E-state index < -0.39 is 12.0 Å². The highest BCUT2D eigenvalue weighted by atomic mass is 32.1. The highest BCUT2D eigenvalue weighted by Crippen LogP contribution is 2.37. The zero-order chi connectivity index (χ0) is 31.3. The van der Waals surface area contributed by atoms with Crippen molar-refractivity contribution in [3.63, 3.8) is 0 Å². The third-order valence-corrected chi connectivity index (χ3v) is 9.10. The number of ether oxygens (including phenoxy) is 3. The lowest BCUT2D eigenvalue weighted by Gasteiger charge is -2.24. The highest BCUT2D eigenvalue weighted by molar-refractivity contribution is 7.10. The van der Waals surface area contributed by atoms with Gasteiger partial charge in [0.05, 0.1) is 41.2 Å². The molecule has 0 amide bonds. The van der Waals surface area contributed by atoms with Crippen LogP contribution >= 0.6 is 22.7 Å². The quantitative estimate of drug-likeness (QED) is 0.200. The van der Waals surface area contributed by atoms with E-state index in [1.54, 1.807) is 42.9 Å². The van der Waals surface area contributed by atoms with Crippen molar-refractivity contribution in [3.05, 3.63) is 143 Å². The van der Waals surface area contributed by atoms with Crippen LogP contribution in [0.4, 0.5) is 0 Å². The number of carbonyl (C=O) groups excluding carboxylic acids is 1. The molecule has 1 atom stereocenters. The van der Waals surface area contributed by atoms with Crippen LogP contribution in [0.15, 0.2) is 106 Å². The second kappa shape index (κ2) is 13.2. The molecule has 8 nitrogen and oxygen atoms in total. The first kappa shape index (κ1) is 29.8. The second-order valence-electron chi connectivity index (χ2n) is 9.91. The summed E-state index contributed by atoms with van der Waals surface area (Å²) in [6.45, 7) is 2.15. The Morgan fingerprint density at radius 3 is 2.58 bits per heavy atom. The van der Waals surface area contributed by atoms with Crippen LogP contribution in [0.5, 0.6) is 11.5 Å². The maximum Gasteiger partial charge on any atom is 0.338 e. The molecule has 0 aliphatic carbocycles. The molecule has 0 spiro atoms. The lowest BCUT2D eigenvalue weighted by Crippen LogP contribution is -2.39. The number of hydrogen-bond donors (Lipinski definition) is 0. The van der Waals surface area contributed by atoms with Crippen molar-refractivity contribution in [1.29, 1.82) is 5.26 Å². The molecular weight excluding hydrogens is 607 g/mol.